The Morgan fingerprint density at radius 2 is 1.78 bits per heavy atom. The number of piperazine rings is 1. The first-order valence-corrected chi connectivity index (χ1v) is 21.8. The van der Waals surface area contributed by atoms with Gasteiger partial charge in [-0.05, 0) is 69.4 Å². The number of nitrogens with zero attached hydrogens (tertiary/aromatic N) is 10. The predicted octanol–water partition coefficient (Wildman–Crippen LogP) is 5.29. The van der Waals surface area contributed by atoms with Crippen LogP contribution < -0.4 is 15.5 Å². The second-order valence-electron chi connectivity index (χ2n) is 17.5. The van der Waals surface area contributed by atoms with Crippen LogP contribution in [0.1, 0.15) is 93.7 Å². The minimum atomic E-state index is -0.854. The van der Waals surface area contributed by atoms with Crippen LogP contribution in [-0.2, 0) is 36.9 Å². The van der Waals surface area contributed by atoms with Crippen molar-refractivity contribution in [1.82, 2.24) is 44.4 Å². The normalized spacial score (nSPS) is 16.7. The van der Waals surface area contributed by atoms with Crippen LogP contribution in [0.2, 0.25) is 5.02 Å². The Morgan fingerprint density at radius 1 is 1.00 bits per heavy atom. The monoisotopic (exact) mass is 908 g/mol. The van der Waals surface area contributed by atoms with Gasteiger partial charge in [0.2, 0.25) is 23.5 Å². The average Bonchev–Trinajstić information content (AvgIpc) is 4.02. The van der Waals surface area contributed by atoms with Crippen molar-refractivity contribution in [3.8, 4) is 11.5 Å². The molecule has 0 aliphatic carbocycles. The minimum absolute atomic E-state index is 0.00731. The van der Waals surface area contributed by atoms with Gasteiger partial charge in [-0.1, -0.05) is 30.6 Å². The highest BCUT2D eigenvalue weighted by Crippen LogP contribution is 2.33. The van der Waals surface area contributed by atoms with E-state index in [-0.39, 0.29) is 60.1 Å². The third kappa shape index (κ3) is 9.48. The molecule has 4 aromatic heterocycles. The molecular weight excluding hydrogens is 860 g/mol. The Morgan fingerprint density at radius 3 is 2.52 bits per heavy atom. The zero-order valence-electron chi connectivity index (χ0n) is 36.7. The summed E-state index contributed by atoms with van der Waals surface area (Å²) in [5.74, 6) is -1.27. The number of aromatic nitrogens is 6. The van der Waals surface area contributed by atoms with E-state index < -0.39 is 42.0 Å². The van der Waals surface area contributed by atoms with Gasteiger partial charge in [-0.2, -0.15) is 10.1 Å². The van der Waals surface area contributed by atoms with Crippen molar-refractivity contribution in [2.24, 2.45) is 5.41 Å². The van der Waals surface area contributed by atoms with Gasteiger partial charge < -0.3 is 34.6 Å². The predicted molar refractivity (Wildman–Crippen MR) is 236 cm³/mol. The van der Waals surface area contributed by atoms with E-state index in [9.17, 15) is 28.8 Å². The molecule has 340 valence electrons. The number of urea groups is 1. The first kappa shape index (κ1) is 44.6. The summed E-state index contributed by atoms with van der Waals surface area (Å²) in [5.41, 5.74) is 3.97. The smallest absolute Gasteiger partial charge is 0.323 e. The number of likely N-dealkylation sites (tertiary alicyclic amines) is 1. The van der Waals surface area contributed by atoms with Crippen molar-refractivity contribution >= 4 is 69.9 Å². The van der Waals surface area contributed by atoms with Gasteiger partial charge in [-0.15, -0.1) is 0 Å². The molecule has 0 radical (unpaired) electrons. The molecular formula is C44H49ClN12O8. The number of halogens is 1. The van der Waals surface area contributed by atoms with Crippen molar-refractivity contribution < 1.29 is 38.0 Å². The van der Waals surface area contributed by atoms with Crippen molar-refractivity contribution in [3.63, 3.8) is 0 Å². The Balaban J connectivity index is 0.788. The number of piperidine rings is 1. The number of aryl methyl sites for hydroxylation is 1. The Hall–Kier alpha value is -6.96. The SMILES string of the molecule is CC(C)c1c(NC(=O)Nc2cnc(-c3noc(CCCC(=O)N4CCN(c5ccc6c(c5)CN(C5CCC(=O)N(COC(=O)C(C)(C)C)C5=O)C6=O)CC4)n3)c(Cl)c2)cnc2ccnn12. The van der Waals surface area contributed by atoms with Crippen LogP contribution in [0, 0.1) is 5.41 Å². The molecule has 1 aromatic carbocycles. The van der Waals surface area contributed by atoms with Gasteiger partial charge in [0.25, 0.3) is 11.8 Å². The molecule has 0 saturated carbocycles. The summed E-state index contributed by atoms with van der Waals surface area (Å²) in [6.45, 7) is 11.0. The summed E-state index contributed by atoms with van der Waals surface area (Å²) < 4.78 is 12.4. The molecule has 3 aliphatic rings. The van der Waals surface area contributed by atoms with Crippen LogP contribution >= 0.6 is 11.6 Å². The van der Waals surface area contributed by atoms with Crippen LogP contribution in [-0.4, -0.2) is 119 Å². The molecule has 0 bridgehead atoms. The number of fused-ring (bicyclic) bond motifs is 2. The van der Waals surface area contributed by atoms with Gasteiger partial charge in [-0.3, -0.25) is 24.0 Å². The Kier molecular flexibility index (Phi) is 12.5. The number of pyridine rings is 1. The second-order valence-corrected chi connectivity index (χ2v) is 17.9. The highest BCUT2D eigenvalue weighted by atomic mass is 35.5. The number of anilines is 3. The number of hydrogen-bond acceptors (Lipinski definition) is 14. The number of benzene rings is 1. The number of carbonyl (C=O) groups excluding carboxylic acids is 6. The molecule has 2 N–H and O–H groups in total. The molecule has 2 saturated heterocycles. The molecule has 65 heavy (non-hydrogen) atoms. The van der Waals surface area contributed by atoms with Gasteiger partial charge in [0.1, 0.15) is 11.7 Å². The van der Waals surface area contributed by atoms with E-state index in [4.69, 9.17) is 20.9 Å². The number of amides is 6. The molecule has 0 spiro atoms. The lowest BCUT2D eigenvalue weighted by Gasteiger charge is -2.36. The van der Waals surface area contributed by atoms with Crippen molar-refractivity contribution in [2.45, 2.75) is 85.2 Å². The molecule has 20 nitrogen and oxygen atoms in total. The van der Waals surface area contributed by atoms with Crippen molar-refractivity contribution in [2.75, 3.05) is 48.4 Å². The van der Waals surface area contributed by atoms with Gasteiger partial charge in [0.05, 0.1) is 46.1 Å². The van der Waals surface area contributed by atoms with E-state index in [2.05, 4.69) is 40.7 Å². The summed E-state index contributed by atoms with van der Waals surface area (Å²) in [7, 11) is 0. The lowest BCUT2D eigenvalue weighted by Crippen LogP contribution is -2.55. The molecule has 21 heteroatoms. The number of ether oxygens (including phenoxy) is 1. The van der Waals surface area contributed by atoms with Crippen LogP contribution in [0.4, 0.5) is 21.9 Å². The highest BCUT2D eigenvalue weighted by molar-refractivity contribution is 6.33. The van der Waals surface area contributed by atoms with E-state index >= 15 is 0 Å². The Bertz CT molecular complexity index is 2680. The van der Waals surface area contributed by atoms with Gasteiger partial charge >= 0.3 is 12.0 Å². The van der Waals surface area contributed by atoms with Crippen LogP contribution in [0.15, 0.2) is 53.4 Å². The molecule has 1 unspecified atom stereocenters. The van der Waals surface area contributed by atoms with Gasteiger partial charge in [0, 0.05) is 69.3 Å². The fourth-order valence-corrected chi connectivity index (χ4v) is 8.33. The first-order chi connectivity index (χ1) is 31.0. The fourth-order valence-electron chi connectivity index (χ4n) is 8.08. The summed E-state index contributed by atoms with van der Waals surface area (Å²) in [6.07, 6.45) is 6.04. The van der Waals surface area contributed by atoms with Gasteiger partial charge in [-0.25, -0.2) is 24.2 Å². The highest BCUT2D eigenvalue weighted by Gasteiger charge is 2.43. The van der Waals surface area contributed by atoms with E-state index in [0.29, 0.717) is 67.5 Å². The van der Waals surface area contributed by atoms with E-state index in [1.165, 1.54) is 17.2 Å². The summed E-state index contributed by atoms with van der Waals surface area (Å²) in [6, 6.07) is 7.54. The minimum Gasteiger partial charge on any atom is -0.443 e. The zero-order valence-corrected chi connectivity index (χ0v) is 37.4. The number of nitrogens with one attached hydrogen (secondary N) is 2. The third-order valence-corrected chi connectivity index (χ3v) is 11.8. The summed E-state index contributed by atoms with van der Waals surface area (Å²) in [4.78, 5) is 97.6. The zero-order chi connectivity index (χ0) is 46.2. The maximum atomic E-state index is 13.5. The average molecular weight is 909 g/mol. The van der Waals surface area contributed by atoms with E-state index in [0.717, 1.165) is 21.8 Å². The molecule has 5 aromatic rings. The van der Waals surface area contributed by atoms with Crippen LogP contribution in [0.5, 0.6) is 0 Å². The number of imide groups is 1. The largest absolute Gasteiger partial charge is 0.443 e. The quantitative estimate of drug-likeness (QED) is 0.120. The van der Waals surface area contributed by atoms with Gasteiger partial charge in [0.15, 0.2) is 12.4 Å². The number of carbonyl (C=O) groups is 6. The molecule has 8 rings (SSSR count). The number of hydrogen-bond donors (Lipinski definition) is 2. The van der Waals surface area contributed by atoms with E-state index in [1.54, 1.807) is 49.8 Å². The van der Waals surface area contributed by atoms with Crippen molar-refractivity contribution in [3.05, 3.63) is 76.7 Å². The van der Waals surface area contributed by atoms with Crippen LogP contribution in [0.25, 0.3) is 17.2 Å². The standard InChI is InChI=1S/C44H49ClN12O8/c1-25(2)38-31(22-46-33-13-14-48-57(33)38)50-43(63)49-27-20-30(45)37(47-21-27)39-51-34(65-52-39)7-6-8-35(58)54-17-15-53(16-18-54)28-9-10-29-26(19-28)23-55(40(29)60)32-11-12-36(59)56(41(32)61)24-64-42(62)44(3,4)5/h9-10,13-14,19-22,25,32H,6-8,11-12,15-18,23-24H2,1-5H3,(H2,49,50,63). The number of esters is 1. The van der Waals surface area contributed by atoms with Crippen LogP contribution in [0.3, 0.4) is 0 Å². The molecule has 6 amide bonds. The maximum Gasteiger partial charge on any atom is 0.323 e. The topological polar surface area (TPSA) is 231 Å². The second kappa shape index (κ2) is 18.3. The molecule has 3 aliphatic heterocycles. The molecule has 2 fully saturated rings. The van der Waals surface area contributed by atoms with E-state index in [1.807, 2.05) is 30.9 Å². The first-order valence-electron chi connectivity index (χ1n) is 21.4. The van der Waals surface area contributed by atoms with Crippen molar-refractivity contribution in [1.29, 1.82) is 0 Å². The summed E-state index contributed by atoms with van der Waals surface area (Å²) >= 11 is 6.54. The fraction of sp³-hybridized carbons (Fsp3) is 0.432. The lowest BCUT2D eigenvalue weighted by atomic mass is 9.97. The Labute approximate surface area is 378 Å². The lowest BCUT2D eigenvalue weighted by molar-refractivity contribution is -0.168. The summed E-state index contributed by atoms with van der Waals surface area (Å²) in [5, 5.41) is 14.1. The maximum absolute atomic E-state index is 13.5. The number of rotatable bonds is 12. The molecule has 7 heterocycles. The molecule has 1 atom stereocenters. The third-order valence-electron chi connectivity index (χ3n) is 11.5.